The second-order valence-electron chi connectivity index (χ2n) is 7.19. The lowest BCUT2D eigenvalue weighted by Crippen LogP contribution is -2.55. The van der Waals surface area contributed by atoms with E-state index in [-0.39, 0.29) is 12.1 Å². The molecular weight excluding hydrogens is 292 g/mol. The van der Waals surface area contributed by atoms with E-state index in [1.54, 1.807) is 0 Å². The van der Waals surface area contributed by atoms with E-state index in [1.807, 2.05) is 39.0 Å². The van der Waals surface area contributed by atoms with E-state index in [2.05, 4.69) is 29.3 Å². The smallest absolute Gasteiger partial charge is 0.407 e. The van der Waals surface area contributed by atoms with Crippen molar-refractivity contribution in [1.29, 1.82) is 0 Å². The van der Waals surface area contributed by atoms with Crippen LogP contribution in [0.3, 0.4) is 0 Å². The topological polar surface area (TPSA) is 61.8 Å². The van der Waals surface area contributed by atoms with E-state index in [0.29, 0.717) is 13.0 Å². The van der Waals surface area contributed by atoms with Crippen LogP contribution < -0.4 is 5.32 Å². The number of piperidine rings is 1. The maximum absolute atomic E-state index is 11.9. The predicted octanol–water partition coefficient (Wildman–Crippen LogP) is 2.71. The molecule has 1 aliphatic heterocycles. The first-order valence-corrected chi connectivity index (χ1v) is 8.23. The first-order chi connectivity index (χ1) is 10.8. The minimum atomic E-state index is -0.595. The minimum Gasteiger partial charge on any atom is -0.444 e. The normalized spacial score (nSPS) is 24.0. The van der Waals surface area contributed by atoms with Crippen LogP contribution in [0.25, 0.3) is 0 Å². The van der Waals surface area contributed by atoms with E-state index in [9.17, 15) is 9.90 Å². The third-order valence-electron chi connectivity index (χ3n) is 4.15. The van der Waals surface area contributed by atoms with Crippen LogP contribution in [0.4, 0.5) is 4.79 Å². The van der Waals surface area contributed by atoms with E-state index >= 15 is 0 Å². The number of aliphatic hydroxyl groups is 1. The van der Waals surface area contributed by atoms with Crippen molar-refractivity contribution in [2.75, 3.05) is 13.1 Å². The fraction of sp³-hybridized carbons (Fsp3) is 0.611. The highest BCUT2D eigenvalue weighted by Crippen LogP contribution is 2.24. The van der Waals surface area contributed by atoms with E-state index in [1.165, 1.54) is 5.56 Å². The average Bonchev–Trinajstić information content (AvgIpc) is 2.47. The molecule has 3 atom stereocenters. The third-order valence-corrected chi connectivity index (χ3v) is 4.15. The molecule has 128 valence electrons. The molecule has 23 heavy (non-hydrogen) atoms. The molecule has 1 heterocycles. The third kappa shape index (κ3) is 5.22. The molecule has 0 spiro atoms. The summed E-state index contributed by atoms with van der Waals surface area (Å²) in [6.07, 6.45) is -0.356. The lowest BCUT2D eigenvalue weighted by molar-refractivity contribution is 0.0105. The van der Waals surface area contributed by atoms with Gasteiger partial charge in [0.2, 0.25) is 0 Å². The lowest BCUT2D eigenvalue weighted by Gasteiger charge is -2.39. The summed E-state index contributed by atoms with van der Waals surface area (Å²) in [5, 5.41) is 13.2. The van der Waals surface area contributed by atoms with Crippen LogP contribution in [-0.2, 0) is 4.74 Å². The van der Waals surface area contributed by atoms with E-state index in [0.717, 1.165) is 6.54 Å². The van der Waals surface area contributed by atoms with Crippen LogP contribution in [0.1, 0.15) is 45.7 Å². The number of carbonyl (C=O) groups excluding carboxylic acids is 1. The van der Waals surface area contributed by atoms with Gasteiger partial charge in [-0.2, -0.15) is 0 Å². The van der Waals surface area contributed by atoms with Crippen LogP contribution in [0.15, 0.2) is 30.3 Å². The standard InChI is InChI=1S/C18H28N2O3/c1-13(14-8-6-5-7-9-14)20-11-10-15(16(21)12-20)19-17(22)23-18(2,3)4/h5-9,13,15-16,21H,10-12H2,1-4H3,(H,19,22). The van der Waals surface area contributed by atoms with E-state index in [4.69, 9.17) is 4.74 Å². The Morgan fingerprint density at radius 1 is 1.35 bits per heavy atom. The van der Waals surface area contributed by atoms with Gasteiger partial charge in [0.05, 0.1) is 12.1 Å². The number of amides is 1. The summed E-state index contributed by atoms with van der Waals surface area (Å²) in [7, 11) is 0. The number of alkyl carbamates (subject to hydrolysis) is 1. The summed E-state index contributed by atoms with van der Waals surface area (Å²) in [5.41, 5.74) is 0.704. The van der Waals surface area contributed by atoms with Gasteiger partial charge in [0.25, 0.3) is 0 Å². The predicted molar refractivity (Wildman–Crippen MR) is 90.2 cm³/mol. The van der Waals surface area contributed by atoms with Crippen LogP contribution in [0, 0.1) is 0 Å². The average molecular weight is 320 g/mol. The zero-order chi connectivity index (χ0) is 17.0. The van der Waals surface area contributed by atoms with Crippen LogP contribution in [0.2, 0.25) is 0 Å². The number of ether oxygens (including phenoxy) is 1. The van der Waals surface area contributed by atoms with Crippen molar-refractivity contribution in [3.05, 3.63) is 35.9 Å². The van der Waals surface area contributed by atoms with Gasteiger partial charge in [-0.15, -0.1) is 0 Å². The fourth-order valence-corrected chi connectivity index (χ4v) is 2.88. The summed E-state index contributed by atoms with van der Waals surface area (Å²) in [4.78, 5) is 14.1. The number of β-amino-alcohol motifs (C(OH)–C–C–N with tert-alkyl or cyclic N) is 1. The zero-order valence-corrected chi connectivity index (χ0v) is 14.5. The SMILES string of the molecule is CC(c1ccccc1)N1CCC(NC(=O)OC(C)(C)C)C(O)C1. The molecule has 0 aromatic heterocycles. The Morgan fingerprint density at radius 2 is 2.00 bits per heavy atom. The summed E-state index contributed by atoms with van der Waals surface area (Å²) in [6, 6.07) is 10.2. The number of aliphatic hydroxyl groups excluding tert-OH is 1. The Bertz CT molecular complexity index is 513. The largest absolute Gasteiger partial charge is 0.444 e. The molecule has 1 amide bonds. The van der Waals surface area contributed by atoms with E-state index < -0.39 is 17.8 Å². The van der Waals surface area contributed by atoms with Gasteiger partial charge in [-0.05, 0) is 39.7 Å². The second-order valence-corrected chi connectivity index (χ2v) is 7.19. The highest BCUT2D eigenvalue weighted by atomic mass is 16.6. The summed E-state index contributed by atoms with van der Waals surface area (Å²) in [6.45, 7) is 8.99. The number of likely N-dealkylation sites (tertiary alicyclic amines) is 1. The van der Waals surface area contributed by atoms with Crippen molar-refractivity contribution in [3.8, 4) is 0 Å². The number of rotatable bonds is 3. The van der Waals surface area contributed by atoms with Gasteiger partial charge in [-0.3, -0.25) is 4.90 Å². The molecule has 1 aromatic carbocycles. The monoisotopic (exact) mass is 320 g/mol. The number of benzene rings is 1. The highest BCUT2D eigenvalue weighted by molar-refractivity contribution is 5.68. The van der Waals surface area contributed by atoms with Gasteiger partial charge in [-0.1, -0.05) is 30.3 Å². The van der Waals surface area contributed by atoms with Gasteiger partial charge in [0.15, 0.2) is 0 Å². The Balaban J connectivity index is 1.88. The van der Waals surface area contributed by atoms with Crippen molar-refractivity contribution in [2.24, 2.45) is 0 Å². The van der Waals surface area contributed by atoms with Crippen LogP contribution >= 0.6 is 0 Å². The lowest BCUT2D eigenvalue weighted by atomic mass is 9.98. The Kier molecular flexibility index (Phi) is 5.65. The number of hydrogen-bond acceptors (Lipinski definition) is 4. The molecule has 1 saturated heterocycles. The minimum absolute atomic E-state index is 0.244. The molecule has 0 aliphatic carbocycles. The number of nitrogens with one attached hydrogen (secondary N) is 1. The van der Waals surface area contributed by atoms with Crippen LogP contribution in [-0.4, -0.2) is 46.9 Å². The van der Waals surface area contributed by atoms with Crippen molar-refractivity contribution in [3.63, 3.8) is 0 Å². The first-order valence-electron chi connectivity index (χ1n) is 8.23. The molecule has 0 saturated carbocycles. The second kappa shape index (κ2) is 7.32. The number of hydrogen-bond donors (Lipinski definition) is 2. The fourth-order valence-electron chi connectivity index (χ4n) is 2.88. The van der Waals surface area contributed by atoms with Gasteiger partial charge >= 0.3 is 6.09 Å². The zero-order valence-electron chi connectivity index (χ0n) is 14.5. The molecule has 1 aliphatic rings. The summed E-state index contributed by atoms with van der Waals surface area (Å²) in [5.74, 6) is 0. The first kappa shape index (κ1) is 17.8. The molecule has 1 aromatic rings. The molecule has 0 bridgehead atoms. The molecule has 2 N–H and O–H groups in total. The van der Waals surface area contributed by atoms with Gasteiger partial charge in [0, 0.05) is 19.1 Å². The molecular formula is C18H28N2O3. The molecule has 3 unspecified atom stereocenters. The molecule has 2 rings (SSSR count). The van der Waals surface area contributed by atoms with Gasteiger partial charge < -0.3 is 15.2 Å². The Morgan fingerprint density at radius 3 is 2.57 bits per heavy atom. The quantitative estimate of drug-likeness (QED) is 0.899. The van der Waals surface area contributed by atoms with Gasteiger partial charge in [0.1, 0.15) is 5.60 Å². The van der Waals surface area contributed by atoms with Crippen LogP contribution in [0.5, 0.6) is 0 Å². The van der Waals surface area contributed by atoms with Crippen molar-refractivity contribution in [2.45, 2.75) is 57.9 Å². The molecule has 5 heteroatoms. The highest BCUT2D eigenvalue weighted by Gasteiger charge is 2.32. The van der Waals surface area contributed by atoms with Crippen molar-refractivity contribution >= 4 is 6.09 Å². The molecule has 5 nitrogen and oxygen atoms in total. The summed E-state index contributed by atoms with van der Waals surface area (Å²) < 4.78 is 5.26. The van der Waals surface area contributed by atoms with Crippen molar-refractivity contribution < 1.29 is 14.6 Å². The Labute approximate surface area is 138 Å². The molecule has 0 radical (unpaired) electrons. The number of nitrogens with zero attached hydrogens (tertiary/aromatic N) is 1. The maximum atomic E-state index is 11.9. The van der Waals surface area contributed by atoms with Crippen molar-refractivity contribution in [1.82, 2.24) is 10.2 Å². The molecule has 1 fully saturated rings. The maximum Gasteiger partial charge on any atom is 0.407 e. The Hall–Kier alpha value is -1.59. The van der Waals surface area contributed by atoms with Gasteiger partial charge in [-0.25, -0.2) is 4.79 Å². The number of carbonyl (C=O) groups is 1. The summed E-state index contributed by atoms with van der Waals surface area (Å²) >= 11 is 0.